The molecule has 11 aliphatic rings. The van der Waals surface area contributed by atoms with Crippen LogP contribution in [0, 0.1) is 35.5 Å². The van der Waals surface area contributed by atoms with E-state index in [-0.39, 0.29) is 47.9 Å². The van der Waals surface area contributed by atoms with Crippen LogP contribution in [0.5, 0.6) is 0 Å². The maximum atomic E-state index is 14.0. The van der Waals surface area contributed by atoms with Gasteiger partial charge in [-0.15, -0.1) is 0 Å². The highest BCUT2D eigenvalue weighted by molar-refractivity contribution is 5.90. The van der Waals surface area contributed by atoms with Gasteiger partial charge in [0.05, 0.1) is 38.8 Å². The molecule has 8 aliphatic heterocycles. The average Bonchev–Trinajstić information content (AvgIpc) is 3.84. The SMILES string of the molecule is CO[C@H]1C[C@H]2C=C[C@H]3[C@H]4O[C@]2(/C(C)=C/[C@@H](C)[C@@H]([C@@H](C)OC(=O)C[N+]25CC[N+](CCC[N+]67CCC(CC6)CC7)(CC2)CC5)OC1=O)[C@@H]3[C@H](O)[C@@H](C)[C@H]4OC(=O)C1=CC=CC1. The van der Waals surface area contributed by atoms with Crippen LogP contribution in [-0.4, -0.2) is 164 Å². The van der Waals surface area contributed by atoms with E-state index in [1.807, 2.05) is 39.8 Å². The highest BCUT2D eigenvalue weighted by Gasteiger charge is 2.69. The van der Waals surface area contributed by atoms with Crippen LogP contribution in [0.1, 0.15) is 66.2 Å². The zero-order valence-electron chi connectivity index (χ0n) is 36.2. The van der Waals surface area contributed by atoms with Crippen molar-refractivity contribution in [2.75, 3.05) is 85.6 Å². The zero-order valence-corrected chi connectivity index (χ0v) is 36.2. The molecule has 8 fully saturated rings. The van der Waals surface area contributed by atoms with Crippen molar-refractivity contribution in [1.29, 1.82) is 0 Å². The molecule has 3 aliphatic carbocycles. The molecular weight excluding hydrogens is 751 g/mol. The number of cyclic esters (lactones) is 1. The highest BCUT2D eigenvalue weighted by Crippen LogP contribution is 2.61. The van der Waals surface area contributed by atoms with Crippen LogP contribution in [0.2, 0.25) is 0 Å². The Morgan fingerprint density at radius 2 is 1.63 bits per heavy atom. The highest BCUT2D eigenvalue weighted by atomic mass is 16.6. The van der Waals surface area contributed by atoms with Crippen LogP contribution in [0.15, 0.2) is 47.6 Å². The van der Waals surface area contributed by atoms with E-state index < -0.39 is 48.2 Å². The molecule has 59 heavy (non-hydrogen) atoms. The summed E-state index contributed by atoms with van der Waals surface area (Å²) in [5.41, 5.74) is 0.534. The number of piperidine rings is 3. The van der Waals surface area contributed by atoms with Crippen molar-refractivity contribution in [3.05, 3.63) is 47.6 Å². The fraction of sp³-hybridized carbons (Fsp3) is 0.766. The third kappa shape index (κ3) is 7.29. The first-order valence-electron chi connectivity index (χ1n) is 23.1. The minimum atomic E-state index is -0.971. The summed E-state index contributed by atoms with van der Waals surface area (Å²) in [6.07, 6.45) is 13.9. The molecule has 0 aromatic heterocycles. The first-order valence-corrected chi connectivity index (χ1v) is 23.1. The lowest BCUT2D eigenvalue weighted by Gasteiger charge is -2.55. The lowest BCUT2D eigenvalue weighted by Crippen LogP contribution is -2.76. The number of aliphatic hydroxyl groups is 1. The number of piperazine rings is 3. The molecule has 0 aromatic rings. The number of aliphatic hydroxyl groups excluding tert-OH is 1. The lowest BCUT2D eigenvalue weighted by molar-refractivity contribution is -1.08. The Bertz CT molecular complexity index is 1740. The van der Waals surface area contributed by atoms with Crippen molar-refractivity contribution < 1.29 is 56.6 Å². The van der Waals surface area contributed by atoms with Gasteiger partial charge in [0.15, 0.2) is 12.6 Å². The quantitative estimate of drug-likeness (QED) is 0.144. The van der Waals surface area contributed by atoms with E-state index in [1.165, 1.54) is 74.5 Å². The summed E-state index contributed by atoms with van der Waals surface area (Å²) in [5.74, 6) is -1.70. The van der Waals surface area contributed by atoms with Gasteiger partial charge in [0.1, 0.15) is 69.3 Å². The van der Waals surface area contributed by atoms with Gasteiger partial charge in [0.25, 0.3) is 0 Å². The Hall–Kier alpha value is -2.87. The number of carbonyl (C=O) groups is 3. The van der Waals surface area contributed by atoms with Crippen molar-refractivity contribution in [3.63, 3.8) is 0 Å². The molecule has 0 radical (unpaired) electrons. The van der Waals surface area contributed by atoms with Gasteiger partial charge in [-0.1, -0.05) is 50.3 Å². The normalized spacial score (nSPS) is 47.1. The van der Waals surface area contributed by atoms with Gasteiger partial charge in [-0.25, -0.2) is 14.4 Å². The number of methoxy groups -OCH3 is 1. The van der Waals surface area contributed by atoms with Crippen LogP contribution < -0.4 is 0 Å². The van der Waals surface area contributed by atoms with E-state index in [4.69, 9.17) is 23.7 Å². The monoisotopic (exact) mass is 821 g/mol. The van der Waals surface area contributed by atoms with Crippen LogP contribution in [0.25, 0.3) is 0 Å². The minimum absolute atomic E-state index is 0.187. The molecule has 12 heteroatoms. The van der Waals surface area contributed by atoms with Gasteiger partial charge in [-0.05, 0) is 57.4 Å². The Morgan fingerprint density at radius 3 is 2.27 bits per heavy atom. The van der Waals surface area contributed by atoms with Gasteiger partial charge >= 0.3 is 17.9 Å². The third-order valence-electron chi connectivity index (χ3n) is 17.4. The summed E-state index contributed by atoms with van der Waals surface area (Å²) < 4.78 is 35.0. The van der Waals surface area contributed by atoms with Crippen molar-refractivity contribution in [1.82, 2.24) is 0 Å². The average molecular weight is 821 g/mol. The number of esters is 3. The minimum Gasteiger partial charge on any atom is -0.456 e. The molecule has 1 N–H and O–H groups in total. The lowest BCUT2D eigenvalue weighted by atomic mass is 9.57. The Morgan fingerprint density at radius 1 is 0.966 bits per heavy atom. The largest absolute Gasteiger partial charge is 0.456 e. The zero-order chi connectivity index (χ0) is 41.3. The molecule has 11 rings (SSSR count). The van der Waals surface area contributed by atoms with Gasteiger partial charge < -0.3 is 42.2 Å². The van der Waals surface area contributed by atoms with Gasteiger partial charge in [0.2, 0.25) is 0 Å². The smallest absolute Gasteiger partial charge is 0.362 e. The second kappa shape index (κ2) is 15.8. The van der Waals surface area contributed by atoms with Crippen LogP contribution in [0.3, 0.4) is 0 Å². The van der Waals surface area contributed by atoms with Crippen molar-refractivity contribution in [2.24, 2.45) is 35.5 Å². The summed E-state index contributed by atoms with van der Waals surface area (Å²) in [6, 6.07) is 0. The maximum Gasteiger partial charge on any atom is 0.362 e. The molecular formula is C47H70N3O9+3. The molecule has 1 saturated carbocycles. The summed E-state index contributed by atoms with van der Waals surface area (Å²) in [6.45, 7) is 21.3. The van der Waals surface area contributed by atoms with Gasteiger partial charge in [0, 0.05) is 48.7 Å². The number of allylic oxidation sites excluding steroid dienone is 3. The summed E-state index contributed by atoms with van der Waals surface area (Å²) in [5, 5.41) is 12.1. The predicted molar refractivity (Wildman–Crippen MR) is 219 cm³/mol. The molecule has 12 atom stereocenters. The first-order chi connectivity index (χ1) is 28.3. The molecule has 8 heterocycles. The maximum absolute atomic E-state index is 14.0. The summed E-state index contributed by atoms with van der Waals surface area (Å²) in [4.78, 5) is 41.1. The van der Waals surface area contributed by atoms with Crippen LogP contribution >= 0.6 is 0 Å². The fourth-order valence-corrected chi connectivity index (χ4v) is 13.6. The number of quaternary nitrogens is 3. The second-order valence-corrected chi connectivity index (χ2v) is 20.5. The molecule has 8 bridgehead atoms. The standard InChI is InChI=1S/C47H70N3O9/c1-30-27-31(2)47-36(11-12-37-40(47)41(52)32(3)43(44(37)59-47)58-45(53)35-9-6-7-10-35)28-38(55-5)46(54)57-42(30)33(4)56-39(51)29-50-24-21-49(22-25-50,23-26-50)17-8-16-48-18-13-34(14-19-48)15-20-48/h6-7,9,11-12,27,30,32-34,36-38,40-44,52H,8,10,13-26,28-29H2,1-5H3/q+3/b31-27+/t30-,32-,33-,34?,36-,37-,38+,40+,41-,42+,43-,44-,47+,48?,49?,50?/m1/s1. The second-order valence-electron chi connectivity index (χ2n) is 20.5. The van der Waals surface area contributed by atoms with E-state index in [0.717, 1.165) is 55.2 Å². The molecule has 0 amide bonds. The molecule has 0 unspecified atom stereocenters. The fourth-order valence-electron chi connectivity index (χ4n) is 13.6. The number of fused-ring (bicyclic) bond motifs is 6. The Balaban J connectivity index is 0.874. The number of hydrogen-bond donors (Lipinski definition) is 1. The third-order valence-corrected chi connectivity index (χ3v) is 17.4. The molecule has 7 saturated heterocycles. The molecule has 1 spiro atoms. The summed E-state index contributed by atoms with van der Waals surface area (Å²) >= 11 is 0. The predicted octanol–water partition coefficient (Wildman–Crippen LogP) is 3.88. The van der Waals surface area contributed by atoms with Crippen LogP contribution in [0.4, 0.5) is 0 Å². The van der Waals surface area contributed by atoms with Gasteiger partial charge in [-0.3, -0.25) is 0 Å². The Labute approximate surface area is 350 Å². The number of ether oxygens (including phenoxy) is 5. The topological polar surface area (TPSA) is 118 Å². The van der Waals surface area contributed by atoms with E-state index in [0.29, 0.717) is 18.5 Å². The number of hydrogen-bond acceptors (Lipinski definition) is 9. The summed E-state index contributed by atoms with van der Waals surface area (Å²) in [7, 11) is 1.51. The van der Waals surface area contributed by atoms with Crippen molar-refractivity contribution >= 4 is 17.9 Å². The van der Waals surface area contributed by atoms with Crippen molar-refractivity contribution in [2.45, 2.75) is 108 Å². The number of carbonyl (C=O) groups excluding carboxylic acids is 3. The van der Waals surface area contributed by atoms with Gasteiger partial charge in [-0.2, -0.15) is 0 Å². The number of rotatable bonds is 11. The van der Waals surface area contributed by atoms with E-state index in [9.17, 15) is 19.5 Å². The first kappa shape index (κ1) is 41.5. The van der Waals surface area contributed by atoms with Crippen molar-refractivity contribution in [3.8, 4) is 0 Å². The number of nitrogens with zero attached hydrogens (tertiary/aromatic N) is 3. The van der Waals surface area contributed by atoms with E-state index >= 15 is 0 Å². The van der Waals surface area contributed by atoms with E-state index in [2.05, 4.69) is 18.2 Å². The van der Waals surface area contributed by atoms with E-state index in [1.54, 1.807) is 6.08 Å². The van der Waals surface area contributed by atoms with Crippen LogP contribution in [-0.2, 0) is 38.1 Å². The molecule has 0 aromatic carbocycles. The molecule has 12 nitrogen and oxygen atoms in total. The molecule has 324 valence electrons. The Kier molecular flexibility index (Phi) is 11.1.